The maximum Gasteiger partial charge on any atom is 0.306 e. The molecule has 0 amide bonds. The van der Waals surface area contributed by atoms with Crippen LogP contribution in [0.15, 0.2) is 18.2 Å². The lowest BCUT2D eigenvalue weighted by Crippen LogP contribution is -2.33. The molecule has 2 rings (SSSR count). The lowest BCUT2D eigenvalue weighted by Gasteiger charge is -2.23. The van der Waals surface area contributed by atoms with Crippen molar-refractivity contribution in [1.29, 1.82) is 0 Å². The van der Waals surface area contributed by atoms with E-state index in [0.29, 0.717) is 11.6 Å². The lowest BCUT2D eigenvalue weighted by atomic mass is 10.00. The summed E-state index contributed by atoms with van der Waals surface area (Å²) in [6.07, 6.45) is 2.29. The second-order valence-electron chi connectivity index (χ2n) is 4.52. The number of nitro groups is 1. The zero-order valence-electron chi connectivity index (χ0n) is 9.99. The van der Waals surface area contributed by atoms with Crippen molar-refractivity contribution in [2.45, 2.75) is 12.8 Å². The van der Waals surface area contributed by atoms with Gasteiger partial charge in [-0.3, -0.25) is 10.1 Å². The number of hydrogen-bond acceptors (Lipinski definition) is 4. The Morgan fingerprint density at radius 2 is 2.39 bits per heavy atom. The van der Waals surface area contributed by atoms with Gasteiger partial charge in [-0.05, 0) is 44.0 Å². The molecular formula is C12H16FN3O2. The third-order valence-electron chi connectivity index (χ3n) is 3.14. The number of rotatable bonds is 4. The normalized spacial score (nSPS) is 19.5. The molecule has 1 aliphatic heterocycles. The standard InChI is InChI=1S/C12H16FN3O2/c13-11-4-3-10(6-12(11)16(17)18)15-8-9-2-1-5-14-7-9/h3-4,6,9,14-15H,1-2,5,7-8H2. The zero-order valence-corrected chi connectivity index (χ0v) is 9.99. The summed E-state index contributed by atoms with van der Waals surface area (Å²) in [4.78, 5) is 9.90. The average molecular weight is 253 g/mol. The fraction of sp³-hybridized carbons (Fsp3) is 0.500. The van der Waals surface area contributed by atoms with Crippen molar-refractivity contribution in [3.8, 4) is 0 Å². The highest BCUT2D eigenvalue weighted by Gasteiger charge is 2.16. The highest BCUT2D eigenvalue weighted by molar-refractivity contribution is 5.51. The summed E-state index contributed by atoms with van der Waals surface area (Å²) in [5.41, 5.74) is 0.107. The van der Waals surface area contributed by atoms with Crippen molar-refractivity contribution in [1.82, 2.24) is 5.32 Å². The third kappa shape index (κ3) is 3.16. The van der Waals surface area contributed by atoms with Gasteiger partial charge >= 0.3 is 5.69 Å². The van der Waals surface area contributed by atoms with Gasteiger partial charge in [-0.1, -0.05) is 0 Å². The van der Waals surface area contributed by atoms with Gasteiger partial charge in [-0.25, -0.2) is 0 Å². The van der Waals surface area contributed by atoms with E-state index >= 15 is 0 Å². The SMILES string of the molecule is O=[N+]([O-])c1cc(NCC2CCCNC2)ccc1F. The van der Waals surface area contributed by atoms with E-state index in [1.807, 2.05) is 0 Å². The van der Waals surface area contributed by atoms with Gasteiger partial charge in [0.25, 0.3) is 0 Å². The molecule has 0 bridgehead atoms. The van der Waals surface area contributed by atoms with Crippen LogP contribution in [0.2, 0.25) is 0 Å². The smallest absolute Gasteiger partial charge is 0.306 e. The van der Waals surface area contributed by atoms with Gasteiger partial charge in [0.2, 0.25) is 5.82 Å². The number of nitrogens with zero attached hydrogens (tertiary/aromatic N) is 1. The molecule has 1 aromatic rings. The highest BCUT2D eigenvalue weighted by atomic mass is 19.1. The first-order chi connectivity index (χ1) is 8.66. The van der Waals surface area contributed by atoms with Crippen molar-refractivity contribution < 1.29 is 9.31 Å². The number of anilines is 1. The Bertz CT molecular complexity index is 433. The molecule has 0 aromatic heterocycles. The van der Waals surface area contributed by atoms with Gasteiger partial charge in [0.05, 0.1) is 4.92 Å². The van der Waals surface area contributed by atoms with Crippen LogP contribution < -0.4 is 10.6 Å². The lowest BCUT2D eigenvalue weighted by molar-refractivity contribution is -0.387. The van der Waals surface area contributed by atoms with Crippen LogP contribution in [0.3, 0.4) is 0 Å². The molecular weight excluding hydrogens is 237 g/mol. The molecule has 0 radical (unpaired) electrons. The van der Waals surface area contributed by atoms with E-state index in [1.165, 1.54) is 12.1 Å². The van der Waals surface area contributed by atoms with Crippen LogP contribution in [0, 0.1) is 21.8 Å². The van der Waals surface area contributed by atoms with Crippen molar-refractivity contribution in [3.63, 3.8) is 0 Å². The molecule has 1 aromatic carbocycles. The van der Waals surface area contributed by atoms with Crippen LogP contribution in [0.25, 0.3) is 0 Å². The first-order valence-electron chi connectivity index (χ1n) is 6.05. The second kappa shape index (κ2) is 5.77. The topological polar surface area (TPSA) is 67.2 Å². The summed E-state index contributed by atoms with van der Waals surface area (Å²) in [6.45, 7) is 2.75. The number of hydrogen-bond donors (Lipinski definition) is 2. The number of benzene rings is 1. The summed E-state index contributed by atoms with van der Waals surface area (Å²) in [5.74, 6) is -0.284. The zero-order chi connectivity index (χ0) is 13.0. The Labute approximate surface area is 105 Å². The number of piperidine rings is 1. The minimum Gasteiger partial charge on any atom is -0.385 e. The van der Waals surface area contributed by atoms with E-state index < -0.39 is 16.4 Å². The van der Waals surface area contributed by atoms with Crippen LogP contribution in [0.1, 0.15) is 12.8 Å². The Morgan fingerprint density at radius 1 is 1.56 bits per heavy atom. The van der Waals surface area contributed by atoms with Gasteiger partial charge in [0.1, 0.15) is 0 Å². The molecule has 98 valence electrons. The molecule has 1 saturated heterocycles. The van der Waals surface area contributed by atoms with Crippen molar-refractivity contribution in [2.24, 2.45) is 5.92 Å². The molecule has 6 heteroatoms. The Morgan fingerprint density at radius 3 is 3.06 bits per heavy atom. The Kier molecular flexibility index (Phi) is 4.09. The molecule has 5 nitrogen and oxygen atoms in total. The van der Waals surface area contributed by atoms with Crippen molar-refractivity contribution in [2.75, 3.05) is 25.0 Å². The van der Waals surface area contributed by atoms with E-state index in [-0.39, 0.29) is 0 Å². The maximum absolute atomic E-state index is 13.1. The first kappa shape index (κ1) is 12.8. The molecule has 0 saturated carbocycles. The molecule has 2 N–H and O–H groups in total. The molecule has 1 atom stereocenters. The van der Waals surface area contributed by atoms with Crippen molar-refractivity contribution in [3.05, 3.63) is 34.1 Å². The number of halogens is 1. The molecule has 0 aliphatic carbocycles. The van der Waals surface area contributed by atoms with Crippen LogP contribution in [-0.4, -0.2) is 24.6 Å². The van der Waals surface area contributed by atoms with Gasteiger partial charge in [-0.15, -0.1) is 0 Å². The molecule has 1 fully saturated rings. The minimum absolute atomic E-state index is 0.484. The molecule has 1 unspecified atom stereocenters. The van der Waals surface area contributed by atoms with Crippen LogP contribution in [0.5, 0.6) is 0 Å². The quantitative estimate of drug-likeness (QED) is 0.637. The monoisotopic (exact) mass is 253 g/mol. The predicted molar refractivity (Wildman–Crippen MR) is 67.1 cm³/mol. The minimum atomic E-state index is -0.801. The summed E-state index contributed by atoms with van der Waals surface area (Å²) in [7, 11) is 0. The van der Waals surface area contributed by atoms with Gasteiger partial charge in [0, 0.05) is 18.3 Å². The van der Waals surface area contributed by atoms with E-state index in [2.05, 4.69) is 10.6 Å². The number of nitrogens with one attached hydrogen (secondary N) is 2. The number of nitro benzene ring substituents is 1. The van der Waals surface area contributed by atoms with Gasteiger partial charge < -0.3 is 10.6 Å². The van der Waals surface area contributed by atoms with Crippen LogP contribution in [0.4, 0.5) is 15.8 Å². The second-order valence-corrected chi connectivity index (χ2v) is 4.52. The fourth-order valence-corrected chi connectivity index (χ4v) is 2.12. The maximum atomic E-state index is 13.1. The van der Waals surface area contributed by atoms with E-state index in [0.717, 1.165) is 38.5 Å². The highest BCUT2D eigenvalue weighted by Crippen LogP contribution is 2.22. The third-order valence-corrected chi connectivity index (χ3v) is 3.14. The molecule has 18 heavy (non-hydrogen) atoms. The summed E-state index contributed by atoms with van der Waals surface area (Å²) >= 11 is 0. The van der Waals surface area contributed by atoms with Gasteiger partial charge in [0.15, 0.2) is 0 Å². The summed E-state index contributed by atoms with van der Waals surface area (Å²) < 4.78 is 13.1. The summed E-state index contributed by atoms with van der Waals surface area (Å²) in [5, 5.41) is 17.0. The van der Waals surface area contributed by atoms with E-state index in [4.69, 9.17) is 0 Å². The van der Waals surface area contributed by atoms with Crippen LogP contribution >= 0.6 is 0 Å². The van der Waals surface area contributed by atoms with Crippen molar-refractivity contribution >= 4 is 11.4 Å². The van der Waals surface area contributed by atoms with Gasteiger partial charge in [-0.2, -0.15) is 4.39 Å². The predicted octanol–water partition coefficient (Wildman–Crippen LogP) is 2.15. The molecule has 0 spiro atoms. The first-order valence-corrected chi connectivity index (χ1v) is 6.05. The van der Waals surface area contributed by atoms with Crippen LogP contribution in [-0.2, 0) is 0 Å². The average Bonchev–Trinajstić information content (AvgIpc) is 2.38. The summed E-state index contributed by atoms with van der Waals surface area (Å²) in [6, 6.07) is 3.89. The van der Waals surface area contributed by atoms with E-state index in [1.54, 1.807) is 0 Å². The Balaban J connectivity index is 1.96. The van der Waals surface area contributed by atoms with E-state index in [9.17, 15) is 14.5 Å². The Hall–Kier alpha value is -1.69. The fourth-order valence-electron chi connectivity index (χ4n) is 2.12. The molecule has 1 aliphatic rings. The molecule has 1 heterocycles. The largest absolute Gasteiger partial charge is 0.385 e.